The van der Waals surface area contributed by atoms with Gasteiger partial charge in [0.1, 0.15) is 0 Å². The van der Waals surface area contributed by atoms with Gasteiger partial charge in [-0.25, -0.2) is 0 Å². The van der Waals surface area contributed by atoms with Gasteiger partial charge >= 0.3 is 154 Å². The fourth-order valence-electron chi connectivity index (χ4n) is 6.08. The van der Waals surface area contributed by atoms with Crippen LogP contribution in [0.25, 0.3) is 0 Å². The van der Waals surface area contributed by atoms with Gasteiger partial charge in [-0.3, -0.25) is 0 Å². The van der Waals surface area contributed by atoms with Crippen LogP contribution in [0.5, 0.6) is 0 Å². The van der Waals surface area contributed by atoms with E-state index in [0.717, 1.165) is 8.57 Å². The molecule has 6 heteroatoms. The van der Waals surface area contributed by atoms with Gasteiger partial charge in [-0.1, -0.05) is 0 Å². The number of hydrogen-bond acceptors (Lipinski definition) is 0. The van der Waals surface area contributed by atoms with Crippen LogP contribution in [-0.2, 0) is 0 Å². The van der Waals surface area contributed by atoms with E-state index in [1.165, 1.54) is 0 Å². The number of rotatable bonds is 4. The third kappa shape index (κ3) is 2.86. The molecule has 1 saturated heterocycles. The van der Waals surface area contributed by atoms with E-state index in [1.807, 2.05) is 0 Å². The molecule has 0 nitrogen and oxygen atoms in total. The Bertz CT molecular complexity index is 387. The maximum atomic E-state index is 3.99. The van der Waals surface area contributed by atoms with E-state index in [0.29, 0.717) is 0 Å². The van der Waals surface area contributed by atoms with Crippen LogP contribution in [0, 0.1) is 0 Å². The molecular formula is C16H40SeSi5. The molecule has 1 aliphatic heterocycles. The molecule has 0 amide bonds. The fourth-order valence-corrected chi connectivity index (χ4v) is 68.4. The van der Waals surface area contributed by atoms with Crippen molar-refractivity contribution in [3.05, 3.63) is 0 Å². The van der Waals surface area contributed by atoms with E-state index in [2.05, 4.69) is 93.5 Å². The Labute approximate surface area is 153 Å². The summed E-state index contributed by atoms with van der Waals surface area (Å²) in [5, 5.41) is 0. The summed E-state index contributed by atoms with van der Waals surface area (Å²) in [6.45, 7) is 31.8. The molecule has 1 aliphatic rings. The van der Waals surface area contributed by atoms with Gasteiger partial charge in [0.2, 0.25) is 0 Å². The Kier molecular flexibility index (Phi) is 5.72. The molecule has 1 heterocycles. The van der Waals surface area contributed by atoms with E-state index in [-0.39, 0.29) is 0 Å². The predicted octanol–water partition coefficient (Wildman–Crippen LogP) is 5.93. The molecule has 0 radical (unpaired) electrons. The molecular weight excluding hydrogens is 412 g/mol. The van der Waals surface area contributed by atoms with Gasteiger partial charge in [0.05, 0.1) is 0 Å². The zero-order valence-corrected chi connectivity index (χ0v) is 24.0. The van der Waals surface area contributed by atoms with Gasteiger partial charge < -0.3 is 0 Å². The van der Waals surface area contributed by atoms with Crippen LogP contribution in [0.2, 0.25) is 87.1 Å². The molecule has 1 fully saturated rings. The molecule has 130 valence electrons. The van der Waals surface area contributed by atoms with Crippen LogP contribution in [0.1, 0.15) is 12.8 Å². The Morgan fingerprint density at radius 2 is 0.727 bits per heavy atom. The molecule has 0 aromatic heterocycles. The van der Waals surface area contributed by atoms with Gasteiger partial charge in [-0.05, 0) is 0 Å². The van der Waals surface area contributed by atoms with Crippen LogP contribution in [0.3, 0.4) is 0 Å². The van der Waals surface area contributed by atoms with Gasteiger partial charge in [0.15, 0.2) is 0 Å². The van der Waals surface area contributed by atoms with Gasteiger partial charge in [0.25, 0.3) is 0 Å². The first-order chi connectivity index (χ1) is 9.36. The first-order valence-electron chi connectivity index (χ1n) is 8.91. The molecule has 0 spiro atoms. The minimum absolute atomic E-state index is 0.460. The summed E-state index contributed by atoms with van der Waals surface area (Å²) < 4.78 is 1.54. The van der Waals surface area contributed by atoms with Crippen LogP contribution in [0.15, 0.2) is 0 Å². The fraction of sp³-hybridized carbons (Fsp3) is 1.00. The van der Waals surface area contributed by atoms with Gasteiger partial charge in [-0.2, -0.15) is 0 Å². The monoisotopic (exact) mass is 452 g/mol. The van der Waals surface area contributed by atoms with Crippen molar-refractivity contribution in [2.24, 2.45) is 0 Å². The van der Waals surface area contributed by atoms with E-state index in [1.54, 1.807) is 12.8 Å². The molecule has 1 rings (SSSR count). The van der Waals surface area contributed by atoms with Crippen molar-refractivity contribution in [2.75, 3.05) is 0 Å². The summed E-state index contributed by atoms with van der Waals surface area (Å²) in [5.41, 5.74) is 0. The third-order valence-corrected chi connectivity index (χ3v) is 50.3. The topological polar surface area (TPSA) is 0 Å². The summed E-state index contributed by atoms with van der Waals surface area (Å²) in [6.07, 6.45) is 3.13. The molecule has 0 saturated carbocycles. The standard InChI is InChI=1S/C16H40SeSi5/c1-19(2,3)15(20(4,5)6)13-14-16(18(15)17,21(7,8)9)22(10,11)12/h13-14H2,1-12H3. The molecule has 22 heavy (non-hydrogen) atoms. The predicted molar refractivity (Wildman–Crippen MR) is 120 cm³/mol. The van der Waals surface area contributed by atoms with Crippen LogP contribution < -0.4 is 0 Å². The second-order valence-corrected chi connectivity index (χ2v) is 41.0. The number of hydrogen-bond donors (Lipinski definition) is 0. The van der Waals surface area contributed by atoms with Crippen molar-refractivity contribution in [3.63, 3.8) is 0 Å². The molecule has 0 atom stereocenters. The van der Waals surface area contributed by atoms with Crippen LogP contribution in [0.4, 0.5) is 0 Å². The first-order valence-corrected chi connectivity index (χ1v) is 26.9. The molecule has 0 unspecified atom stereocenters. The summed E-state index contributed by atoms with van der Waals surface area (Å²) >= 11 is 3.99. The normalized spacial score (nSPS) is 23.0. The van der Waals surface area contributed by atoms with E-state index < -0.39 is 39.2 Å². The average molecular weight is 452 g/mol. The SMILES string of the molecule is C[Si](C)(C)C1([Si](C)(C)C)CCC([Si](C)(C)C)([Si](C)(C)C)[Si]1=[Se]. The van der Waals surface area contributed by atoms with E-state index >= 15 is 0 Å². The Balaban J connectivity index is 3.73. The van der Waals surface area contributed by atoms with Crippen LogP contribution >= 0.6 is 0 Å². The summed E-state index contributed by atoms with van der Waals surface area (Å²) in [6, 6.07) is 0. The van der Waals surface area contributed by atoms with Crippen molar-refractivity contribution in [1.29, 1.82) is 0 Å². The van der Waals surface area contributed by atoms with Crippen molar-refractivity contribution in [1.82, 2.24) is 0 Å². The molecule has 0 aromatic rings. The Morgan fingerprint density at radius 1 is 0.545 bits per heavy atom. The Morgan fingerprint density at radius 3 is 0.818 bits per heavy atom. The second-order valence-electron chi connectivity index (χ2n) is 11.6. The summed E-state index contributed by atoms with van der Waals surface area (Å²) in [7, 11) is -4.80. The quantitative estimate of drug-likeness (QED) is 0.465. The van der Waals surface area contributed by atoms with E-state index in [4.69, 9.17) is 0 Å². The van der Waals surface area contributed by atoms with E-state index in [9.17, 15) is 0 Å². The first kappa shape index (κ1) is 21.6. The third-order valence-electron chi connectivity index (χ3n) is 6.77. The van der Waals surface area contributed by atoms with Gasteiger partial charge in [0, 0.05) is 0 Å². The van der Waals surface area contributed by atoms with Crippen molar-refractivity contribution >= 4 is 54.1 Å². The van der Waals surface area contributed by atoms with Crippen molar-refractivity contribution in [3.8, 4) is 0 Å². The summed E-state index contributed by atoms with van der Waals surface area (Å²) in [4.78, 5) is 0. The summed E-state index contributed by atoms with van der Waals surface area (Å²) in [5.74, 6) is 0. The zero-order valence-electron chi connectivity index (χ0n) is 17.3. The minimum atomic E-state index is -1.20. The maximum absolute atomic E-state index is 3.99. The molecule has 0 aromatic carbocycles. The van der Waals surface area contributed by atoms with Gasteiger partial charge in [-0.15, -0.1) is 0 Å². The molecule has 0 aliphatic carbocycles. The molecule has 0 N–H and O–H groups in total. The van der Waals surface area contributed by atoms with Crippen LogP contribution in [-0.4, -0.2) is 54.1 Å². The van der Waals surface area contributed by atoms with Crippen molar-refractivity contribution < 1.29 is 0 Å². The van der Waals surface area contributed by atoms with Crippen molar-refractivity contribution in [2.45, 2.75) is 100.0 Å². The molecule has 0 bridgehead atoms. The second kappa shape index (κ2) is 5.81. The zero-order chi connectivity index (χ0) is 18.0. The Hall–Kier alpha value is 1.60. The average Bonchev–Trinajstić information content (AvgIpc) is 2.49.